The highest BCUT2D eigenvalue weighted by Crippen LogP contribution is 2.34. The van der Waals surface area contributed by atoms with Crippen molar-refractivity contribution in [2.75, 3.05) is 12.5 Å². The van der Waals surface area contributed by atoms with Gasteiger partial charge >= 0.3 is 5.97 Å². The summed E-state index contributed by atoms with van der Waals surface area (Å²) in [5.41, 5.74) is 5.11. The van der Waals surface area contributed by atoms with E-state index < -0.39 is 5.97 Å². The standard InChI is InChI=1S/C19H16IN3O3S/c1-12-11-27-19(22-12)23-21-10-13-8-15(20)17(16(9-13)25-2)26-18(24)14-6-4-3-5-7-14/h3-11H,1-2H3,(H,22,23). The van der Waals surface area contributed by atoms with Gasteiger partial charge in [0.15, 0.2) is 11.5 Å². The van der Waals surface area contributed by atoms with Gasteiger partial charge in [-0.2, -0.15) is 5.10 Å². The maximum Gasteiger partial charge on any atom is 0.343 e. The van der Waals surface area contributed by atoms with Crippen LogP contribution in [0, 0.1) is 10.5 Å². The first-order valence-electron chi connectivity index (χ1n) is 7.93. The molecule has 1 N–H and O–H groups in total. The molecule has 0 spiro atoms. The van der Waals surface area contributed by atoms with Gasteiger partial charge in [0.05, 0.1) is 28.2 Å². The van der Waals surface area contributed by atoms with Crippen LogP contribution in [0.2, 0.25) is 0 Å². The largest absolute Gasteiger partial charge is 0.493 e. The van der Waals surface area contributed by atoms with Gasteiger partial charge in [-0.05, 0) is 59.3 Å². The molecule has 3 rings (SSSR count). The quantitative estimate of drug-likeness (QED) is 0.177. The van der Waals surface area contributed by atoms with Crippen LogP contribution in [0.1, 0.15) is 21.6 Å². The molecule has 3 aromatic rings. The first-order chi connectivity index (χ1) is 13.1. The van der Waals surface area contributed by atoms with Gasteiger partial charge in [0.25, 0.3) is 0 Å². The van der Waals surface area contributed by atoms with Crippen molar-refractivity contribution in [1.82, 2.24) is 4.98 Å². The molecule has 0 saturated heterocycles. The van der Waals surface area contributed by atoms with Crippen molar-refractivity contribution < 1.29 is 14.3 Å². The number of ether oxygens (including phenoxy) is 2. The number of hydrogen-bond donors (Lipinski definition) is 1. The number of hydrogen-bond acceptors (Lipinski definition) is 7. The van der Waals surface area contributed by atoms with E-state index >= 15 is 0 Å². The Hall–Kier alpha value is -2.46. The maximum absolute atomic E-state index is 12.3. The van der Waals surface area contributed by atoms with Gasteiger partial charge in [0.2, 0.25) is 5.13 Å². The number of halogens is 1. The molecule has 1 aromatic heterocycles. The zero-order valence-electron chi connectivity index (χ0n) is 14.6. The Labute approximate surface area is 174 Å². The Morgan fingerprint density at radius 3 is 2.74 bits per heavy atom. The van der Waals surface area contributed by atoms with Crippen LogP contribution in [0.5, 0.6) is 11.5 Å². The number of anilines is 1. The van der Waals surface area contributed by atoms with E-state index in [4.69, 9.17) is 9.47 Å². The minimum atomic E-state index is -0.436. The van der Waals surface area contributed by atoms with Crippen molar-refractivity contribution in [3.8, 4) is 11.5 Å². The van der Waals surface area contributed by atoms with Crippen molar-refractivity contribution in [2.45, 2.75) is 6.92 Å². The van der Waals surface area contributed by atoms with E-state index in [1.807, 2.05) is 24.4 Å². The minimum Gasteiger partial charge on any atom is -0.493 e. The lowest BCUT2D eigenvalue weighted by atomic mass is 10.2. The molecule has 2 aromatic carbocycles. The number of esters is 1. The molecule has 0 aliphatic heterocycles. The summed E-state index contributed by atoms with van der Waals surface area (Å²) >= 11 is 3.59. The number of hydrazone groups is 1. The van der Waals surface area contributed by atoms with Crippen molar-refractivity contribution in [3.05, 3.63) is 68.2 Å². The fraction of sp³-hybridized carbons (Fsp3) is 0.105. The monoisotopic (exact) mass is 493 g/mol. The Bertz CT molecular complexity index is 974. The lowest BCUT2D eigenvalue weighted by Gasteiger charge is -2.12. The first kappa shape index (κ1) is 19.3. The second-order valence-corrected chi connectivity index (χ2v) is 7.47. The topological polar surface area (TPSA) is 72.8 Å². The second-order valence-electron chi connectivity index (χ2n) is 5.45. The molecule has 0 saturated carbocycles. The van der Waals surface area contributed by atoms with Crippen molar-refractivity contribution in [1.29, 1.82) is 0 Å². The summed E-state index contributed by atoms with van der Waals surface area (Å²) in [5.74, 6) is 0.402. The SMILES string of the molecule is COc1cc(C=NNc2nc(C)cs2)cc(I)c1OC(=O)c1ccccc1. The maximum atomic E-state index is 12.3. The van der Waals surface area contributed by atoms with Crippen LogP contribution in [0.15, 0.2) is 52.9 Å². The predicted octanol–water partition coefficient (Wildman–Crippen LogP) is 4.73. The minimum absolute atomic E-state index is 0.382. The van der Waals surface area contributed by atoms with E-state index in [0.29, 0.717) is 17.1 Å². The van der Waals surface area contributed by atoms with Crippen molar-refractivity contribution >= 4 is 51.2 Å². The van der Waals surface area contributed by atoms with Crippen LogP contribution >= 0.6 is 33.9 Å². The predicted molar refractivity (Wildman–Crippen MR) is 115 cm³/mol. The van der Waals surface area contributed by atoms with Gasteiger partial charge in [0.1, 0.15) is 0 Å². The fourth-order valence-electron chi connectivity index (χ4n) is 2.21. The van der Waals surface area contributed by atoms with Crippen molar-refractivity contribution in [3.63, 3.8) is 0 Å². The normalized spacial score (nSPS) is 10.8. The molecule has 0 aliphatic rings. The first-order valence-corrected chi connectivity index (χ1v) is 9.88. The van der Waals surface area contributed by atoms with Gasteiger partial charge in [0, 0.05) is 5.38 Å². The average molecular weight is 493 g/mol. The number of nitrogens with one attached hydrogen (secondary N) is 1. The summed E-state index contributed by atoms with van der Waals surface area (Å²) in [7, 11) is 1.53. The van der Waals surface area contributed by atoms with Gasteiger partial charge < -0.3 is 9.47 Å². The summed E-state index contributed by atoms with van der Waals surface area (Å²) in [4.78, 5) is 16.6. The van der Waals surface area contributed by atoms with Crippen LogP contribution < -0.4 is 14.9 Å². The highest BCUT2D eigenvalue weighted by Gasteiger charge is 2.16. The molecule has 0 amide bonds. The number of aromatic nitrogens is 1. The highest BCUT2D eigenvalue weighted by molar-refractivity contribution is 14.1. The molecule has 8 heteroatoms. The number of aryl methyl sites for hydroxylation is 1. The van der Waals surface area contributed by atoms with Crippen LogP contribution in [0.4, 0.5) is 5.13 Å². The highest BCUT2D eigenvalue weighted by atomic mass is 127. The van der Waals surface area contributed by atoms with E-state index in [0.717, 1.165) is 20.0 Å². The molecule has 0 unspecified atom stereocenters. The van der Waals surface area contributed by atoms with Crippen LogP contribution in [0.25, 0.3) is 0 Å². The van der Waals surface area contributed by atoms with Crippen LogP contribution in [0.3, 0.4) is 0 Å². The summed E-state index contributed by atoms with van der Waals surface area (Å²) in [6.07, 6.45) is 1.66. The number of carbonyl (C=O) groups is 1. The molecule has 6 nitrogen and oxygen atoms in total. The third kappa shape index (κ3) is 5.04. The molecule has 0 bridgehead atoms. The Morgan fingerprint density at radius 2 is 2.07 bits per heavy atom. The van der Waals surface area contributed by atoms with Crippen molar-refractivity contribution in [2.24, 2.45) is 5.10 Å². The molecule has 138 valence electrons. The summed E-state index contributed by atoms with van der Waals surface area (Å²) < 4.78 is 11.7. The molecule has 1 heterocycles. The lowest BCUT2D eigenvalue weighted by molar-refractivity contribution is 0.0728. The van der Waals surface area contributed by atoms with Crippen LogP contribution in [-0.4, -0.2) is 24.3 Å². The smallest absolute Gasteiger partial charge is 0.343 e. The van der Waals surface area contributed by atoms with Gasteiger partial charge in [-0.3, -0.25) is 5.43 Å². The summed E-state index contributed by atoms with van der Waals surface area (Å²) in [5, 5.41) is 6.85. The number of thiazole rings is 1. The third-order valence-electron chi connectivity index (χ3n) is 3.45. The Kier molecular flexibility index (Phi) is 6.40. The second kappa shape index (κ2) is 8.96. The molecular weight excluding hydrogens is 477 g/mol. The zero-order chi connectivity index (χ0) is 19.2. The van der Waals surface area contributed by atoms with E-state index in [9.17, 15) is 4.79 Å². The van der Waals surface area contributed by atoms with E-state index in [2.05, 4.69) is 38.1 Å². The molecule has 0 fully saturated rings. The third-order valence-corrected chi connectivity index (χ3v) is 5.11. The summed E-state index contributed by atoms with van der Waals surface area (Å²) in [6.45, 7) is 1.92. The van der Waals surface area contributed by atoms with Gasteiger partial charge in [-0.15, -0.1) is 11.3 Å². The molecule has 0 aliphatic carbocycles. The number of rotatable bonds is 6. The van der Waals surface area contributed by atoms with Crippen LogP contribution in [-0.2, 0) is 0 Å². The number of benzene rings is 2. The summed E-state index contributed by atoms with van der Waals surface area (Å²) in [6, 6.07) is 12.4. The molecule has 0 radical (unpaired) electrons. The fourth-order valence-corrected chi connectivity index (χ4v) is 3.58. The number of carbonyl (C=O) groups excluding carboxylic acids is 1. The molecule has 27 heavy (non-hydrogen) atoms. The van der Waals surface area contributed by atoms with E-state index in [-0.39, 0.29) is 0 Å². The zero-order valence-corrected chi connectivity index (χ0v) is 17.6. The van der Waals surface area contributed by atoms with E-state index in [1.165, 1.54) is 18.4 Å². The average Bonchev–Trinajstić information content (AvgIpc) is 3.09. The van der Waals surface area contributed by atoms with Gasteiger partial charge in [-0.25, -0.2) is 9.78 Å². The molecular formula is C19H16IN3O3S. The Morgan fingerprint density at radius 1 is 1.30 bits per heavy atom. The molecule has 0 atom stereocenters. The Balaban J connectivity index is 1.77. The number of nitrogens with zero attached hydrogens (tertiary/aromatic N) is 2. The lowest BCUT2D eigenvalue weighted by Crippen LogP contribution is -2.10. The number of methoxy groups -OCH3 is 1. The van der Waals surface area contributed by atoms with E-state index in [1.54, 1.807) is 36.5 Å². The van der Waals surface area contributed by atoms with Gasteiger partial charge in [-0.1, -0.05) is 18.2 Å².